The van der Waals surface area contributed by atoms with Crippen LogP contribution in [0.2, 0.25) is 0 Å². The fourth-order valence-corrected chi connectivity index (χ4v) is 2.78. The number of aromatic nitrogens is 1. The van der Waals surface area contributed by atoms with Crippen LogP contribution in [0.3, 0.4) is 0 Å². The van der Waals surface area contributed by atoms with Gasteiger partial charge in [0.2, 0.25) is 0 Å². The highest BCUT2D eigenvalue weighted by atomic mass is 32.1. The maximum absolute atomic E-state index is 11.8. The molecule has 0 saturated carbocycles. The molecule has 1 heterocycles. The molecule has 0 atom stereocenters. The fourth-order valence-electron chi connectivity index (χ4n) is 2.03. The molecule has 0 aliphatic heterocycles. The van der Waals surface area contributed by atoms with Gasteiger partial charge in [-0.05, 0) is 25.0 Å². The van der Waals surface area contributed by atoms with Gasteiger partial charge in [0.15, 0.2) is 10.8 Å². The number of carbonyl (C=O) groups is 2. The van der Waals surface area contributed by atoms with Crippen LogP contribution in [0.4, 0.5) is 9.93 Å². The average Bonchev–Trinajstić information content (AvgIpc) is 3.01. The minimum atomic E-state index is -0.497. The molecule has 0 fully saturated rings. The van der Waals surface area contributed by atoms with Crippen LogP contribution in [0, 0.1) is 0 Å². The molecule has 1 aromatic heterocycles. The first-order valence-corrected chi connectivity index (χ1v) is 8.96. The lowest BCUT2D eigenvalue weighted by atomic mass is 10.2. The summed E-state index contributed by atoms with van der Waals surface area (Å²) >= 11 is 1.21. The van der Waals surface area contributed by atoms with Gasteiger partial charge in [-0.3, -0.25) is 0 Å². The quantitative estimate of drug-likeness (QED) is 0.542. The summed E-state index contributed by atoms with van der Waals surface area (Å²) in [7, 11) is 0. The lowest BCUT2D eigenvalue weighted by Crippen LogP contribution is -2.24. The maximum Gasteiger partial charge on any atom is 0.407 e. The number of hydrogen-bond acceptors (Lipinski definition) is 7. The van der Waals surface area contributed by atoms with E-state index in [1.165, 1.54) is 11.3 Å². The Labute approximate surface area is 155 Å². The predicted molar refractivity (Wildman–Crippen MR) is 101 cm³/mol. The third-order valence-electron chi connectivity index (χ3n) is 3.20. The number of rotatable bonds is 8. The summed E-state index contributed by atoms with van der Waals surface area (Å²) in [6.45, 7) is 2.64. The number of benzene rings is 1. The van der Waals surface area contributed by atoms with E-state index >= 15 is 0 Å². The number of nitrogens with two attached hydrogens (primary N) is 1. The van der Waals surface area contributed by atoms with Gasteiger partial charge in [-0.2, -0.15) is 0 Å². The average molecular weight is 375 g/mol. The largest absolute Gasteiger partial charge is 0.461 e. The van der Waals surface area contributed by atoms with E-state index in [0.717, 1.165) is 5.56 Å². The fraction of sp³-hybridized carbons (Fsp3) is 0.278. The van der Waals surface area contributed by atoms with Crippen LogP contribution in [-0.4, -0.2) is 30.2 Å². The van der Waals surface area contributed by atoms with Crippen molar-refractivity contribution in [3.8, 4) is 0 Å². The zero-order valence-electron chi connectivity index (χ0n) is 14.4. The van der Waals surface area contributed by atoms with Crippen molar-refractivity contribution in [3.63, 3.8) is 0 Å². The minimum absolute atomic E-state index is 0.209. The number of alkyl carbamates (subject to hydrolysis) is 1. The summed E-state index contributed by atoms with van der Waals surface area (Å²) in [6.07, 6.45) is 3.67. The Morgan fingerprint density at radius 1 is 1.27 bits per heavy atom. The molecule has 0 radical (unpaired) electrons. The van der Waals surface area contributed by atoms with Crippen LogP contribution in [0.5, 0.6) is 0 Å². The molecule has 1 aromatic carbocycles. The number of hydrogen-bond donors (Lipinski definition) is 2. The number of thiazole rings is 1. The molecule has 8 heteroatoms. The third-order valence-corrected chi connectivity index (χ3v) is 4.05. The molecular weight excluding hydrogens is 354 g/mol. The number of esters is 1. The number of anilines is 1. The molecule has 3 N–H and O–H groups in total. The van der Waals surface area contributed by atoms with Crippen molar-refractivity contribution in [1.29, 1.82) is 0 Å². The lowest BCUT2D eigenvalue weighted by molar-refractivity contribution is 0.0520. The molecule has 0 bridgehead atoms. The van der Waals surface area contributed by atoms with Gasteiger partial charge < -0.3 is 20.5 Å². The van der Waals surface area contributed by atoms with E-state index in [2.05, 4.69) is 10.3 Å². The maximum atomic E-state index is 11.8. The van der Waals surface area contributed by atoms with Gasteiger partial charge in [-0.15, -0.1) is 0 Å². The summed E-state index contributed by atoms with van der Waals surface area (Å²) in [5.41, 5.74) is 6.79. The molecule has 26 heavy (non-hydrogen) atoms. The second-order valence-corrected chi connectivity index (χ2v) is 6.23. The molecular formula is C18H21N3O4S. The Hall–Kier alpha value is -2.87. The standard InChI is InChI=1S/C18H21N3O4S/c1-2-24-16(22)15-14(26-17(19)21-15)10-6-7-11-20-18(23)25-12-13-8-4-3-5-9-13/h3-6,8-10H,2,7,11-12H2,1H3,(H2,19,21)(H,20,23). The molecule has 138 valence electrons. The van der Waals surface area contributed by atoms with Crippen LogP contribution < -0.4 is 11.1 Å². The van der Waals surface area contributed by atoms with Crippen LogP contribution in [0.15, 0.2) is 36.4 Å². The van der Waals surface area contributed by atoms with E-state index in [1.807, 2.05) is 36.4 Å². The number of ether oxygens (including phenoxy) is 2. The molecule has 0 aliphatic rings. The number of amides is 1. The van der Waals surface area contributed by atoms with Crippen LogP contribution >= 0.6 is 11.3 Å². The Morgan fingerprint density at radius 3 is 2.77 bits per heavy atom. The van der Waals surface area contributed by atoms with Crippen LogP contribution in [-0.2, 0) is 16.1 Å². The summed E-state index contributed by atoms with van der Waals surface area (Å²) < 4.78 is 10.1. The monoisotopic (exact) mass is 375 g/mol. The summed E-state index contributed by atoms with van der Waals surface area (Å²) in [5, 5.41) is 2.96. The van der Waals surface area contributed by atoms with Gasteiger partial charge in [0.25, 0.3) is 0 Å². The number of nitrogen functional groups attached to an aromatic ring is 1. The predicted octanol–water partition coefficient (Wildman–Crippen LogP) is 3.23. The van der Waals surface area contributed by atoms with Crippen molar-refractivity contribution in [1.82, 2.24) is 10.3 Å². The Morgan fingerprint density at radius 2 is 2.04 bits per heavy atom. The van der Waals surface area contributed by atoms with E-state index in [4.69, 9.17) is 15.2 Å². The molecule has 0 aliphatic carbocycles. The summed E-state index contributed by atoms with van der Waals surface area (Å²) in [6, 6.07) is 9.45. The topological polar surface area (TPSA) is 104 Å². The number of nitrogens with zero attached hydrogens (tertiary/aromatic N) is 1. The lowest BCUT2D eigenvalue weighted by Gasteiger charge is -2.05. The molecule has 2 rings (SSSR count). The van der Waals surface area contributed by atoms with Gasteiger partial charge in [0, 0.05) is 6.54 Å². The molecule has 0 saturated heterocycles. The molecule has 0 spiro atoms. The first-order valence-electron chi connectivity index (χ1n) is 8.14. The number of nitrogens with one attached hydrogen (secondary N) is 1. The minimum Gasteiger partial charge on any atom is -0.461 e. The van der Waals surface area contributed by atoms with Gasteiger partial charge in [-0.25, -0.2) is 14.6 Å². The normalized spacial score (nSPS) is 10.7. The van der Waals surface area contributed by atoms with Crippen molar-refractivity contribution in [2.45, 2.75) is 20.0 Å². The second kappa shape index (κ2) is 10.2. The SMILES string of the molecule is CCOC(=O)c1nc(N)sc1C=CCCNC(=O)OCc1ccccc1. The van der Waals surface area contributed by atoms with Crippen LogP contribution in [0.1, 0.15) is 34.3 Å². The Bertz CT molecular complexity index is 759. The van der Waals surface area contributed by atoms with Crippen molar-refractivity contribution < 1.29 is 19.1 Å². The van der Waals surface area contributed by atoms with Gasteiger partial charge in [0.1, 0.15) is 6.61 Å². The molecule has 1 amide bonds. The first kappa shape index (κ1) is 19.5. The molecule has 0 unspecified atom stereocenters. The van der Waals surface area contributed by atoms with Gasteiger partial charge in [0.05, 0.1) is 11.5 Å². The van der Waals surface area contributed by atoms with E-state index in [0.29, 0.717) is 23.0 Å². The summed E-state index contributed by atoms with van der Waals surface area (Å²) in [5.74, 6) is -0.497. The second-order valence-electron chi connectivity index (χ2n) is 5.16. The van der Waals surface area contributed by atoms with Crippen molar-refractivity contribution in [3.05, 3.63) is 52.5 Å². The highest BCUT2D eigenvalue weighted by Crippen LogP contribution is 2.22. The Kier molecular flexibility index (Phi) is 7.63. The van der Waals surface area contributed by atoms with Gasteiger partial charge >= 0.3 is 12.1 Å². The number of carbonyl (C=O) groups excluding carboxylic acids is 2. The smallest absolute Gasteiger partial charge is 0.407 e. The zero-order chi connectivity index (χ0) is 18.8. The van der Waals surface area contributed by atoms with Crippen LogP contribution in [0.25, 0.3) is 6.08 Å². The van der Waals surface area contributed by atoms with Crippen molar-refractivity contribution in [2.75, 3.05) is 18.9 Å². The molecule has 7 nitrogen and oxygen atoms in total. The van der Waals surface area contributed by atoms with E-state index in [9.17, 15) is 9.59 Å². The zero-order valence-corrected chi connectivity index (χ0v) is 15.3. The molecule has 2 aromatic rings. The highest BCUT2D eigenvalue weighted by molar-refractivity contribution is 7.16. The highest BCUT2D eigenvalue weighted by Gasteiger charge is 2.16. The van der Waals surface area contributed by atoms with Crippen molar-refractivity contribution in [2.24, 2.45) is 0 Å². The van der Waals surface area contributed by atoms with Crippen molar-refractivity contribution >= 4 is 34.6 Å². The third kappa shape index (κ3) is 6.21. The Balaban J connectivity index is 1.74. The van der Waals surface area contributed by atoms with E-state index in [-0.39, 0.29) is 18.9 Å². The van der Waals surface area contributed by atoms with E-state index < -0.39 is 12.1 Å². The van der Waals surface area contributed by atoms with Gasteiger partial charge in [-0.1, -0.05) is 47.7 Å². The summed E-state index contributed by atoms with van der Waals surface area (Å²) in [4.78, 5) is 28.1. The first-order chi connectivity index (χ1) is 12.6. The van der Waals surface area contributed by atoms with E-state index in [1.54, 1.807) is 13.0 Å².